The zero-order valence-corrected chi connectivity index (χ0v) is 16.8. The third-order valence-corrected chi connectivity index (χ3v) is 6.21. The smallest absolute Gasteiger partial charge is 0.340 e. The molecular weight excluding hydrogens is 401 g/mol. The Labute approximate surface area is 171 Å². The van der Waals surface area contributed by atoms with Crippen LogP contribution in [0.4, 0.5) is 13.2 Å². The molecule has 0 aliphatic heterocycles. The van der Waals surface area contributed by atoms with Crippen molar-refractivity contribution in [3.05, 3.63) is 52.6 Å². The van der Waals surface area contributed by atoms with Gasteiger partial charge in [0.25, 0.3) is 0 Å². The number of H-pyrrole nitrogens is 1. The Balaban J connectivity index is 1.53. The summed E-state index contributed by atoms with van der Waals surface area (Å²) < 4.78 is 38.6. The van der Waals surface area contributed by atoms with Crippen LogP contribution < -0.4 is 0 Å². The second-order valence-electron chi connectivity index (χ2n) is 7.78. The first-order valence-electron chi connectivity index (χ1n) is 9.88. The minimum atomic E-state index is -4.38. The quantitative estimate of drug-likeness (QED) is 0.494. The van der Waals surface area contributed by atoms with Crippen molar-refractivity contribution in [1.82, 2.24) is 20.2 Å². The van der Waals surface area contributed by atoms with Crippen LogP contribution in [0.3, 0.4) is 0 Å². The van der Waals surface area contributed by atoms with Gasteiger partial charge in [-0.25, -0.2) is 4.98 Å². The van der Waals surface area contributed by atoms with Gasteiger partial charge in [0.1, 0.15) is 11.3 Å². The highest BCUT2D eigenvalue weighted by atomic mass is 35.5. The molecule has 29 heavy (non-hydrogen) atoms. The molecule has 1 N–H and O–H groups in total. The SMILES string of the molecule is CCC(CCc1ccc(C(F)(F)F)cc1Cl)C(c1nc2cnncc2[nH]1)C1CC1. The topological polar surface area (TPSA) is 54.5 Å². The Morgan fingerprint density at radius 2 is 1.97 bits per heavy atom. The maximum absolute atomic E-state index is 12.9. The minimum Gasteiger partial charge on any atom is -0.340 e. The molecule has 0 amide bonds. The van der Waals surface area contributed by atoms with Crippen LogP contribution in [0.25, 0.3) is 11.0 Å². The standard InChI is InChI=1S/C21H22ClF3N4/c1-2-12(3-4-13-7-8-15(9-16(13)22)21(23,24)25)19(14-5-6-14)20-28-17-10-26-27-11-18(17)29-20/h7-12,14,19H,2-6H2,1H3,(H,28,29). The molecule has 2 unspecified atom stereocenters. The minimum absolute atomic E-state index is 0.179. The summed E-state index contributed by atoms with van der Waals surface area (Å²) in [6.07, 6.45) is 3.76. The van der Waals surface area contributed by atoms with E-state index in [1.54, 1.807) is 12.4 Å². The van der Waals surface area contributed by atoms with E-state index in [9.17, 15) is 13.2 Å². The monoisotopic (exact) mass is 422 g/mol. The molecule has 0 radical (unpaired) electrons. The molecule has 1 fully saturated rings. The van der Waals surface area contributed by atoms with Crippen molar-refractivity contribution in [3.8, 4) is 0 Å². The van der Waals surface area contributed by atoms with E-state index in [1.807, 2.05) is 0 Å². The average Bonchev–Trinajstić information content (AvgIpc) is 3.42. The van der Waals surface area contributed by atoms with Gasteiger partial charge in [-0.15, -0.1) is 0 Å². The van der Waals surface area contributed by atoms with Gasteiger partial charge in [-0.1, -0.05) is 31.0 Å². The lowest BCUT2D eigenvalue weighted by Crippen LogP contribution is -2.17. The maximum Gasteiger partial charge on any atom is 0.416 e. The Bertz CT molecular complexity index is 964. The molecule has 4 rings (SSSR count). The average molecular weight is 423 g/mol. The van der Waals surface area contributed by atoms with E-state index >= 15 is 0 Å². The van der Waals surface area contributed by atoms with Gasteiger partial charge in [0, 0.05) is 10.9 Å². The molecule has 2 atom stereocenters. The molecule has 2 aromatic heterocycles. The predicted molar refractivity (Wildman–Crippen MR) is 106 cm³/mol. The number of aryl methyl sites for hydroxylation is 1. The van der Waals surface area contributed by atoms with Crippen LogP contribution in [0.15, 0.2) is 30.6 Å². The Hall–Kier alpha value is -2.15. The highest BCUT2D eigenvalue weighted by molar-refractivity contribution is 6.31. The Morgan fingerprint density at radius 3 is 2.59 bits per heavy atom. The predicted octanol–water partition coefficient (Wildman–Crippen LogP) is 6.18. The normalized spacial score (nSPS) is 16.9. The molecule has 1 aromatic carbocycles. The van der Waals surface area contributed by atoms with Crippen LogP contribution in [0, 0.1) is 11.8 Å². The highest BCUT2D eigenvalue weighted by Crippen LogP contribution is 2.48. The number of nitrogens with zero attached hydrogens (tertiary/aromatic N) is 3. The number of hydrogen-bond acceptors (Lipinski definition) is 3. The van der Waals surface area contributed by atoms with Crippen LogP contribution >= 0.6 is 11.6 Å². The van der Waals surface area contributed by atoms with Gasteiger partial charge in [0.15, 0.2) is 0 Å². The molecule has 0 bridgehead atoms. The molecule has 1 aliphatic rings. The first kappa shape index (κ1) is 20.1. The van der Waals surface area contributed by atoms with Crippen molar-refractivity contribution >= 4 is 22.6 Å². The molecule has 0 saturated heterocycles. The molecule has 154 valence electrons. The molecule has 3 aromatic rings. The van der Waals surface area contributed by atoms with E-state index in [2.05, 4.69) is 22.1 Å². The number of alkyl halides is 3. The molecule has 1 saturated carbocycles. The van der Waals surface area contributed by atoms with Gasteiger partial charge < -0.3 is 4.98 Å². The van der Waals surface area contributed by atoms with E-state index in [0.29, 0.717) is 24.2 Å². The molecule has 2 heterocycles. The number of imidazole rings is 1. The second kappa shape index (κ2) is 7.94. The first-order chi connectivity index (χ1) is 13.9. The van der Waals surface area contributed by atoms with Gasteiger partial charge in [0.05, 0.1) is 23.5 Å². The number of hydrogen-bond donors (Lipinski definition) is 1. The van der Waals surface area contributed by atoms with E-state index in [4.69, 9.17) is 16.6 Å². The van der Waals surface area contributed by atoms with E-state index in [0.717, 1.165) is 47.4 Å². The molecule has 8 heteroatoms. The lowest BCUT2D eigenvalue weighted by atomic mass is 9.81. The number of rotatable bonds is 7. The fourth-order valence-corrected chi connectivity index (χ4v) is 4.42. The summed E-state index contributed by atoms with van der Waals surface area (Å²) in [6.45, 7) is 2.15. The summed E-state index contributed by atoms with van der Waals surface area (Å²) in [5.41, 5.74) is 1.73. The Kier molecular flexibility index (Phi) is 5.51. The van der Waals surface area contributed by atoms with Crippen molar-refractivity contribution in [2.45, 2.75) is 51.1 Å². The number of nitrogens with one attached hydrogen (secondary N) is 1. The van der Waals surface area contributed by atoms with Crippen LogP contribution in [0.5, 0.6) is 0 Å². The van der Waals surface area contributed by atoms with Crippen molar-refractivity contribution in [3.63, 3.8) is 0 Å². The van der Waals surface area contributed by atoms with Crippen molar-refractivity contribution < 1.29 is 13.2 Å². The number of benzene rings is 1. The lowest BCUT2D eigenvalue weighted by Gasteiger charge is -2.25. The van der Waals surface area contributed by atoms with Crippen molar-refractivity contribution in [1.29, 1.82) is 0 Å². The summed E-state index contributed by atoms with van der Waals surface area (Å²) in [5.74, 6) is 2.20. The molecule has 0 spiro atoms. The summed E-state index contributed by atoms with van der Waals surface area (Å²) in [5, 5.41) is 7.98. The molecular formula is C21H22ClF3N4. The number of aromatic amines is 1. The largest absolute Gasteiger partial charge is 0.416 e. The van der Waals surface area contributed by atoms with Gasteiger partial charge >= 0.3 is 6.18 Å². The summed E-state index contributed by atoms with van der Waals surface area (Å²) >= 11 is 6.15. The lowest BCUT2D eigenvalue weighted by molar-refractivity contribution is -0.137. The van der Waals surface area contributed by atoms with Crippen LogP contribution in [0.1, 0.15) is 55.5 Å². The van der Waals surface area contributed by atoms with Gasteiger partial charge in [-0.2, -0.15) is 23.4 Å². The van der Waals surface area contributed by atoms with E-state index in [1.165, 1.54) is 18.9 Å². The summed E-state index contributed by atoms with van der Waals surface area (Å²) in [6, 6.07) is 3.64. The maximum atomic E-state index is 12.9. The number of aromatic nitrogens is 4. The van der Waals surface area contributed by atoms with E-state index in [-0.39, 0.29) is 5.02 Å². The third kappa shape index (κ3) is 4.39. The van der Waals surface area contributed by atoms with Gasteiger partial charge in [0.2, 0.25) is 0 Å². The number of halogens is 4. The summed E-state index contributed by atoms with van der Waals surface area (Å²) in [4.78, 5) is 8.15. The summed E-state index contributed by atoms with van der Waals surface area (Å²) in [7, 11) is 0. The van der Waals surface area contributed by atoms with Crippen LogP contribution in [-0.2, 0) is 12.6 Å². The molecule has 1 aliphatic carbocycles. The third-order valence-electron chi connectivity index (χ3n) is 5.86. The van der Waals surface area contributed by atoms with E-state index < -0.39 is 11.7 Å². The van der Waals surface area contributed by atoms with Crippen LogP contribution in [-0.4, -0.2) is 20.2 Å². The van der Waals surface area contributed by atoms with Crippen LogP contribution in [0.2, 0.25) is 5.02 Å². The number of fused-ring (bicyclic) bond motifs is 1. The molecule has 4 nitrogen and oxygen atoms in total. The van der Waals surface area contributed by atoms with Gasteiger partial charge in [-0.3, -0.25) is 0 Å². The zero-order valence-electron chi connectivity index (χ0n) is 16.0. The Morgan fingerprint density at radius 1 is 1.21 bits per heavy atom. The second-order valence-corrected chi connectivity index (χ2v) is 8.19. The van der Waals surface area contributed by atoms with Gasteiger partial charge in [-0.05, 0) is 55.2 Å². The van der Waals surface area contributed by atoms with Crippen molar-refractivity contribution in [2.75, 3.05) is 0 Å². The fourth-order valence-electron chi connectivity index (χ4n) is 4.15. The highest BCUT2D eigenvalue weighted by Gasteiger charge is 2.38. The fraction of sp³-hybridized carbons (Fsp3) is 0.476. The first-order valence-corrected chi connectivity index (χ1v) is 10.3. The van der Waals surface area contributed by atoms with Crippen molar-refractivity contribution in [2.24, 2.45) is 11.8 Å². The zero-order chi connectivity index (χ0) is 20.6.